The van der Waals surface area contributed by atoms with Crippen LogP contribution in [0.1, 0.15) is 23.3 Å². The van der Waals surface area contributed by atoms with E-state index in [4.69, 9.17) is 4.74 Å². The Hall–Kier alpha value is -0.970. The lowest BCUT2D eigenvalue weighted by Crippen LogP contribution is -2.28. The summed E-state index contributed by atoms with van der Waals surface area (Å²) in [6.07, 6.45) is -1.03. The predicted octanol–water partition coefficient (Wildman–Crippen LogP) is 1.15. The maximum absolute atomic E-state index is 13.6. The summed E-state index contributed by atoms with van der Waals surface area (Å²) in [6.45, 7) is 0.767. The molecule has 1 aromatic carbocycles. The van der Waals surface area contributed by atoms with Gasteiger partial charge in [0.05, 0.1) is 12.7 Å². The number of hydrogen-bond donors (Lipinski definition) is 2. The summed E-state index contributed by atoms with van der Waals surface area (Å²) in [6, 6.07) is 4.75. The van der Waals surface area contributed by atoms with Crippen LogP contribution in [0.4, 0.5) is 4.39 Å². The third-order valence-electron chi connectivity index (χ3n) is 2.61. The first-order chi connectivity index (χ1) is 7.24. The van der Waals surface area contributed by atoms with Crippen molar-refractivity contribution in [3.05, 3.63) is 35.1 Å². The highest BCUT2D eigenvalue weighted by atomic mass is 19.1. The summed E-state index contributed by atoms with van der Waals surface area (Å²) >= 11 is 0. The number of rotatable bonds is 2. The van der Waals surface area contributed by atoms with E-state index >= 15 is 0 Å². The molecule has 0 spiro atoms. The van der Waals surface area contributed by atoms with Crippen molar-refractivity contribution >= 4 is 0 Å². The van der Waals surface area contributed by atoms with Crippen LogP contribution in [0.25, 0.3) is 0 Å². The third-order valence-corrected chi connectivity index (χ3v) is 2.61. The van der Waals surface area contributed by atoms with E-state index in [0.717, 1.165) is 0 Å². The standard InChI is InChI=1S/C11H14FNO2/c1-13-5-10-11-7(9(14)6-15-10)3-2-4-8(11)12/h2-4,9-10,13-14H,5-6H2,1H3/t9-,10+/m0/s1. The second-order valence-corrected chi connectivity index (χ2v) is 3.64. The number of fused-ring (bicyclic) bond motifs is 1. The average Bonchev–Trinajstić information content (AvgIpc) is 2.23. The van der Waals surface area contributed by atoms with Gasteiger partial charge in [0.2, 0.25) is 0 Å². The predicted molar refractivity (Wildman–Crippen MR) is 54.0 cm³/mol. The molecule has 1 heterocycles. The first kappa shape index (κ1) is 10.5. The van der Waals surface area contributed by atoms with Crippen molar-refractivity contribution in [2.45, 2.75) is 12.2 Å². The normalized spacial score (nSPS) is 25.0. The Bertz CT molecular complexity index is 356. The van der Waals surface area contributed by atoms with Crippen molar-refractivity contribution in [3.8, 4) is 0 Å². The molecule has 2 N–H and O–H groups in total. The van der Waals surface area contributed by atoms with E-state index in [0.29, 0.717) is 17.7 Å². The minimum atomic E-state index is -0.719. The van der Waals surface area contributed by atoms with Gasteiger partial charge in [-0.05, 0) is 18.7 Å². The van der Waals surface area contributed by atoms with Crippen molar-refractivity contribution in [2.24, 2.45) is 0 Å². The zero-order valence-corrected chi connectivity index (χ0v) is 8.53. The monoisotopic (exact) mass is 211 g/mol. The Morgan fingerprint density at radius 2 is 2.40 bits per heavy atom. The summed E-state index contributed by atoms with van der Waals surface area (Å²) in [5.74, 6) is -0.313. The number of halogens is 1. The molecule has 15 heavy (non-hydrogen) atoms. The molecule has 2 rings (SSSR count). The fraction of sp³-hybridized carbons (Fsp3) is 0.455. The van der Waals surface area contributed by atoms with Crippen molar-refractivity contribution in [3.63, 3.8) is 0 Å². The molecule has 0 saturated carbocycles. The Balaban J connectivity index is 2.42. The molecule has 0 aromatic heterocycles. The molecule has 3 nitrogen and oxygen atoms in total. The fourth-order valence-electron chi connectivity index (χ4n) is 1.91. The molecule has 1 aliphatic rings. The number of nitrogens with one attached hydrogen (secondary N) is 1. The largest absolute Gasteiger partial charge is 0.386 e. The van der Waals surface area contributed by atoms with Gasteiger partial charge in [0.25, 0.3) is 0 Å². The molecule has 4 heteroatoms. The van der Waals surface area contributed by atoms with Crippen molar-refractivity contribution in [1.82, 2.24) is 5.32 Å². The van der Waals surface area contributed by atoms with E-state index in [1.807, 2.05) is 0 Å². The molecule has 0 bridgehead atoms. The zero-order valence-electron chi connectivity index (χ0n) is 8.53. The number of aliphatic hydroxyl groups excluding tert-OH is 1. The van der Waals surface area contributed by atoms with Gasteiger partial charge < -0.3 is 15.2 Å². The van der Waals surface area contributed by atoms with Crippen LogP contribution in [0.2, 0.25) is 0 Å². The summed E-state index contributed by atoms with van der Waals surface area (Å²) in [7, 11) is 1.79. The fourth-order valence-corrected chi connectivity index (χ4v) is 1.91. The molecule has 1 aromatic rings. The molecule has 0 fully saturated rings. The van der Waals surface area contributed by atoms with E-state index in [1.165, 1.54) is 6.07 Å². The molecule has 0 aliphatic carbocycles. The Kier molecular flexibility index (Phi) is 3.00. The molecule has 0 saturated heterocycles. The number of benzene rings is 1. The van der Waals surface area contributed by atoms with E-state index < -0.39 is 6.10 Å². The van der Waals surface area contributed by atoms with Crippen LogP contribution in [0, 0.1) is 5.82 Å². The van der Waals surface area contributed by atoms with Crippen LogP contribution >= 0.6 is 0 Å². The minimum absolute atomic E-state index is 0.225. The van der Waals surface area contributed by atoms with Gasteiger partial charge in [-0.15, -0.1) is 0 Å². The van der Waals surface area contributed by atoms with Crippen LogP contribution in [-0.2, 0) is 4.74 Å². The summed E-state index contributed by atoms with van der Waals surface area (Å²) in [5, 5.41) is 12.6. The van der Waals surface area contributed by atoms with E-state index in [-0.39, 0.29) is 18.5 Å². The Morgan fingerprint density at radius 3 is 3.13 bits per heavy atom. The van der Waals surface area contributed by atoms with Crippen LogP contribution in [-0.4, -0.2) is 25.3 Å². The second-order valence-electron chi connectivity index (χ2n) is 3.64. The van der Waals surface area contributed by atoms with Crippen molar-refractivity contribution in [1.29, 1.82) is 0 Å². The lowest BCUT2D eigenvalue weighted by molar-refractivity contribution is -0.0308. The molecular formula is C11H14FNO2. The van der Waals surface area contributed by atoms with Gasteiger partial charge in [-0.1, -0.05) is 12.1 Å². The summed E-state index contributed by atoms with van der Waals surface area (Å²) < 4.78 is 19.0. The Labute approximate surface area is 87.9 Å². The van der Waals surface area contributed by atoms with E-state index in [1.54, 1.807) is 19.2 Å². The lowest BCUT2D eigenvalue weighted by Gasteiger charge is -2.29. The lowest BCUT2D eigenvalue weighted by atomic mass is 9.95. The van der Waals surface area contributed by atoms with Crippen LogP contribution in [0.3, 0.4) is 0 Å². The second kappa shape index (κ2) is 4.26. The first-order valence-electron chi connectivity index (χ1n) is 4.96. The van der Waals surface area contributed by atoms with Gasteiger partial charge in [0.1, 0.15) is 11.9 Å². The summed E-state index contributed by atoms with van der Waals surface area (Å²) in [5.41, 5.74) is 1.12. The maximum Gasteiger partial charge on any atom is 0.129 e. The van der Waals surface area contributed by atoms with Crippen LogP contribution < -0.4 is 5.32 Å². The number of ether oxygens (including phenoxy) is 1. The van der Waals surface area contributed by atoms with Crippen LogP contribution in [0.5, 0.6) is 0 Å². The summed E-state index contributed by atoms with van der Waals surface area (Å²) in [4.78, 5) is 0. The highest BCUT2D eigenvalue weighted by Crippen LogP contribution is 2.33. The first-order valence-corrected chi connectivity index (χ1v) is 4.96. The number of aliphatic hydroxyl groups is 1. The highest BCUT2D eigenvalue weighted by Gasteiger charge is 2.28. The highest BCUT2D eigenvalue weighted by molar-refractivity contribution is 5.34. The molecule has 0 radical (unpaired) electrons. The van der Waals surface area contributed by atoms with Gasteiger partial charge in [-0.2, -0.15) is 0 Å². The molecule has 82 valence electrons. The molecule has 0 unspecified atom stereocenters. The van der Waals surface area contributed by atoms with E-state index in [9.17, 15) is 9.50 Å². The topological polar surface area (TPSA) is 41.5 Å². The van der Waals surface area contributed by atoms with Crippen molar-refractivity contribution in [2.75, 3.05) is 20.2 Å². The number of hydrogen-bond acceptors (Lipinski definition) is 3. The van der Waals surface area contributed by atoms with Gasteiger partial charge in [-0.3, -0.25) is 0 Å². The Morgan fingerprint density at radius 1 is 1.60 bits per heavy atom. The molecule has 2 atom stereocenters. The minimum Gasteiger partial charge on any atom is -0.386 e. The maximum atomic E-state index is 13.6. The van der Waals surface area contributed by atoms with Gasteiger partial charge >= 0.3 is 0 Å². The smallest absolute Gasteiger partial charge is 0.129 e. The zero-order chi connectivity index (χ0) is 10.8. The molecule has 1 aliphatic heterocycles. The average molecular weight is 211 g/mol. The van der Waals surface area contributed by atoms with Crippen molar-refractivity contribution < 1.29 is 14.2 Å². The third kappa shape index (κ3) is 1.88. The van der Waals surface area contributed by atoms with Gasteiger partial charge in [-0.25, -0.2) is 4.39 Å². The SMILES string of the molecule is CNC[C@H]1OC[C@H](O)c2cccc(F)c21. The van der Waals surface area contributed by atoms with Crippen LogP contribution in [0.15, 0.2) is 18.2 Å². The molecule has 0 amide bonds. The van der Waals surface area contributed by atoms with E-state index in [2.05, 4.69) is 5.32 Å². The van der Waals surface area contributed by atoms with Gasteiger partial charge in [0.15, 0.2) is 0 Å². The number of likely N-dealkylation sites (N-methyl/N-ethyl adjacent to an activating group) is 1. The van der Waals surface area contributed by atoms with Gasteiger partial charge in [0, 0.05) is 12.1 Å². The quantitative estimate of drug-likeness (QED) is 0.771. The molecular weight excluding hydrogens is 197 g/mol.